The summed E-state index contributed by atoms with van der Waals surface area (Å²) < 4.78 is 2.40. The maximum Gasteiger partial charge on any atom is 0.0486 e. The van der Waals surface area contributed by atoms with Crippen molar-refractivity contribution >= 4 is 22.5 Å². The van der Waals surface area contributed by atoms with E-state index in [9.17, 15) is 0 Å². The minimum Gasteiger partial charge on any atom is -0.343 e. The van der Waals surface area contributed by atoms with Crippen LogP contribution in [0.3, 0.4) is 0 Å². The third-order valence-electron chi connectivity index (χ3n) is 7.89. The van der Waals surface area contributed by atoms with Gasteiger partial charge in [0.1, 0.15) is 0 Å². The summed E-state index contributed by atoms with van der Waals surface area (Å²) in [5, 5.41) is 6.21. The molecule has 0 unspecified atom stereocenters. The number of para-hydroxylation sites is 1. The quantitative estimate of drug-likeness (QED) is 0.531. The van der Waals surface area contributed by atoms with Crippen LogP contribution >= 0.6 is 11.6 Å². The van der Waals surface area contributed by atoms with Crippen LogP contribution in [-0.2, 0) is 13.1 Å². The highest BCUT2D eigenvalue weighted by Gasteiger charge is 2.47. The second-order valence-corrected chi connectivity index (χ2v) is 10.2. The molecule has 1 N–H and O–H groups in total. The van der Waals surface area contributed by atoms with E-state index in [1.807, 2.05) is 12.1 Å². The molecule has 4 saturated carbocycles. The lowest BCUT2D eigenvalue weighted by Gasteiger charge is -2.54. The zero-order chi connectivity index (χ0) is 19.4. The number of nitrogens with zero attached hydrogens (tertiary/aromatic N) is 1. The van der Waals surface area contributed by atoms with Crippen molar-refractivity contribution in [2.45, 2.75) is 51.2 Å². The van der Waals surface area contributed by atoms with Gasteiger partial charge in [0.25, 0.3) is 0 Å². The van der Waals surface area contributed by atoms with Gasteiger partial charge in [0.15, 0.2) is 0 Å². The summed E-state index contributed by atoms with van der Waals surface area (Å²) in [6, 6.07) is 17.8. The molecule has 4 bridgehead atoms. The van der Waals surface area contributed by atoms with Gasteiger partial charge in [0.2, 0.25) is 0 Å². The molecule has 4 aliphatic carbocycles. The van der Waals surface area contributed by atoms with Crippen molar-refractivity contribution in [2.75, 3.05) is 0 Å². The van der Waals surface area contributed by atoms with Crippen LogP contribution in [0.2, 0.25) is 5.02 Å². The van der Waals surface area contributed by atoms with E-state index in [0.29, 0.717) is 0 Å². The fourth-order valence-corrected chi connectivity index (χ4v) is 6.99. The van der Waals surface area contributed by atoms with Crippen molar-refractivity contribution in [3.63, 3.8) is 0 Å². The Morgan fingerprint density at radius 3 is 2.28 bits per heavy atom. The number of halogens is 1. The van der Waals surface area contributed by atoms with Gasteiger partial charge >= 0.3 is 0 Å². The zero-order valence-electron chi connectivity index (χ0n) is 16.9. The number of benzene rings is 2. The second-order valence-electron chi connectivity index (χ2n) is 9.76. The maximum absolute atomic E-state index is 6.07. The first-order chi connectivity index (χ1) is 14.2. The summed E-state index contributed by atoms with van der Waals surface area (Å²) in [7, 11) is 0. The predicted octanol–water partition coefficient (Wildman–Crippen LogP) is 6.26. The normalized spacial score (nSPS) is 30.3. The summed E-state index contributed by atoms with van der Waals surface area (Å²) in [5.41, 5.74) is 4.04. The van der Waals surface area contributed by atoms with Crippen molar-refractivity contribution in [1.82, 2.24) is 9.88 Å². The molecule has 2 aromatic carbocycles. The minimum absolute atomic E-state index is 0.737. The summed E-state index contributed by atoms with van der Waals surface area (Å²) in [5.74, 6) is 3.93. The molecule has 0 atom stereocenters. The Morgan fingerprint density at radius 1 is 0.862 bits per heavy atom. The smallest absolute Gasteiger partial charge is 0.0486 e. The minimum atomic E-state index is 0.737. The van der Waals surface area contributed by atoms with Gasteiger partial charge in [-0.2, -0.15) is 0 Å². The average Bonchev–Trinajstić information content (AvgIpc) is 3.06. The van der Waals surface area contributed by atoms with Gasteiger partial charge in [0.05, 0.1) is 0 Å². The van der Waals surface area contributed by atoms with Gasteiger partial charge in [-0.25, -0.2) is 0 Å². The molecule has 7 rings (SSSR count). The van der Waals surface area contributed by atoms with E-state index in [1.54, 1.807) is 0 Å². The fraction of sp³-hybridized carbons (Fsp3) is 0.462. The van der Waals surface area contributed by atoms with Crippen LogP contribution in [0.15, 0.2) is 54.7 Å². The highest BCUT2D eigenvalue weighted by atomic mass is 35.5. The third-order valence-corrected chi connectivity index (χ3v) is 8.14. The summed E-state index contributed by atoms with van der Waals surface area (Å²) >= 11 is 6.07. The molecule has 0 saturated heterocycles. The Morgan fingerprint density at radius 2 is 1.55 bits per heavy atom. The molecule has 150 valence electrons. The van der Waals surface area contributed by atoms with Crippen molar-refractivity contribution in [3.8, 4) is 0 Å². The van der Waals surface area contributed by atoms with Crippen LogP contribution in [0.5, 0.6) is 0 Å². The lowest BCUT2D eigenvalue weighted by Crippen LogP contribution is -2.54. The van der Waals surface area contributed by atoms with Crippen LogP contribution in [0, 0.1) is 23.7 Å². The molecular formula is C26H29ClN2. The summed E-state index contributed by atoms with van der Waals surface area (Å²) in [6.07, 6.45) is 9.79. The van der Waals surface area contributed by atoms with Gasteiger partial charge in [-0.15, -0.1) is 0 Å². The highest BCUT2D eigenvalue weighted by Crippen LogP contribution is 2.53. The van der Waals surface area contributed by atoms with E-state index in [1.165, 1.54) is 54.1 Å². The molecular weight excluding hydrogens is 376 g/mol. The highest BCUT2D eigenvalue weighted by molar-refractivity contribution is 6.30. The van der Waals surface area contributed by atoms with Crippen molar-refractivity contribution in [2.24, 2.45) is 23.7 Å². The number of nitrogens with one attached hydrogen (secondary N) is 1. The second kappa shape index (κ2) is 7.18. The summed E-state index contributed by atoms with van der Waals surface area (Å²) in [4.78, 5) is 0. The molecule has 2 nitrogen and oxygen atoms in total. The zero-order valence-corrected chi connectivity index (χ0v) is 17.6. The molecule has 1 aromatic heterocycles. The number of aromatic nitrogens is 1. The molecule has 4 aliphatic rings. The van der Waals surface area contributed by atoms with Crippen LogP contribution in [0.4, 0.5) is 0 Å². The maximum atomic E-state index is 6.07. The van der Waals surface area contributed by atoms with Crippen molar-refractivity contribution in [1.29, 1.82) is 0 Å². The molecule has 0 spiro atoms. The fourth-order valence-electron chi connectivity index (χ4n) is 6.87. The van der Waals surface area contributed by atoms with Crippen LogP contribution < -0.4 is 5.32 Å². The van der Waals surface area contributed by atoms with Crippen molar-refractivity contribution in [3.05, 3.63) is 70.9 Å². The van der Waals surface area contributed by atoms with Gasteiger partial charge in [0, 0.05) is 41.3 Å². The van der Waals surface area contributed by atoms with E-state index < -0.39 is 0 Å². The van der Waals surface area contributed by atoms with Crippen LogP contribution in [-0.4, -0.2) is 10.6 Å². The number of fused-ring (bicyclic) bond motifs is 1. The molecule has 3 heteroatoms. The summed E-state index contributed by atoms with van der Waals surface area (Å²) in [6.45, 7) is 1.87. The standard InChI is InChI=1S/C26H29ClN2/c27-23-7-5-17(6-8-23)15-29-16-22(24-3-1-2-4-25(24)29)14-28-26-20-10-18-9-19(12-20)13-21(26)11-18/h1-8,16,18-21,26,28H,9-15H2. The monoisotopic (exact) mass is 404 g/mol. The van der Waals surface area contributed by atoms with Gasteiger partial charge in [-0.1, -0.05) is 41.9 Å². The first-order valence-electron chi connectivity index (χ1n) is 11.3. The van der Waals surface area contributed by atoms with E-state index in [0.717, 1.165) is 47.8 Å². The number of rotatable bonds is 5. The molecule has 3 aromatic rings. The predicted molar refractivity (Wildman–Crippen MR) is 120 cm³/mol. The molecule has 0 radical (unpaired) electrons. The van der Waals surface area contributed by atoms with Crippen LogP contribution in [0.1, 0.15) is 43.2 Å². The first-order valence-corrected chi connectivity index (χ1v) is 11.7. The topological polar surface area (TPSA) is 17.0 Å². The Bertz CT molecular complexity index is 991. The van der Waals surface area contributed by atoms with Gasteiger partial charge in [-0.05, 0) is 85.1 Å². The SMILES string of the molecule is Clc1ccc(Cn2cc(CNC3C4CC5CC(C4)CC3C5)c3ccccc32)cc1. The largest absolute Gasteiger partial charge is 0.343 e. The lowest BCUT2D eigenvalue weighted by atomic mass is 9.54. The lowest BCUT2D eigenvalue weighted by molar-refractivity contribution is -0.0142. The molecule has 1 heterocycles. The van der Waals surface area contributed by atoms with Crippen molar-refractivity contribution < 1.29 is 0 Å². The first kappa shape index (κ1) is 18.0. The Kier molecular flexibility index (Phi) is 4.46. The van der Waals surface area contributed by atoms with Gasteiger partial charge < -0.3 is 9.88 Å². The van der Waals surface area contributed by atoms with E-state index >= 15 is 0 Å². The Balaban J connectivity index is 1.24. The van der Waals surface area contributed by atoms with E-state index in [2.05, 4.69) is 52.5 Å². The molecule has 0 amide bonds. The molecule has 0 aliphatic heterocycles. The molecule has 29 heavy (non-hydrogen) atoms. The number of hydrogen-bond acceptors (Lipinski definition) is 1. The van der Waals surface area contributed by atoms with E-state index in [-0.39, 0.29) is 0 Å². The van der Waals surface area contributed by atoms with E-state index in [4.69, 9.17) is 11.6 Å². The Hall–Kier alpha value is -1.77. The average molecular weight is 405 g/mol. The molecule has 4 fully saturated rings. The Labute approximate surface area is 178 Å². The number of hydrogen-bond donors (Lipinski definition) is 1. The third kappa shape index (κ3) is 3.31. The van der Waals surface area contributed by atoms with Crippen LogP contribution in [0.25, 0.3) is 10.9 Å². The van der Waals surface area contributed by atoms with Gasteiger partial charge in [-0.3, -0.25) is 0 Å².